The van der Waals surface area contributed by atoms with Crippen LogP contribution in [0, 0.1) is 5.41 Å². The number of hydrogen-bond donors (Lipinski definition) is 2. The van der Waals surface area contributed by atoms with Crippen molar-refractivity contribution in [2.75, 3.05) is 25.2 Å². The third kappa shape index (κ3) is 2.45. The highest BCUT2D eigenvalue weighted by atomic mass is 79.9. The van der Waals surface area contributed by atoms with E-state index in [1.165, 1.54) is 0 Å². The summed E-state index contributed by atoms with van der Waals surface area (Å²) in [6, 6.07) is 6.21. The first kappa shape index (κ1) is 12.4. The van der Waals surface area contributed by atoms with Crippen LogP contribution in [0.2, 0.25) is 0 Å². The molecule has 1 saturated heterocycles. The number of ether oxygens (including phenoxy) is 1. The van der Waals surface area contributed by atoms with Crippen LogP contribution in [0.1, 0.15) is 12.0 Å². The van der Waals surface area contributed by atoms with Crippen LogP contribution in [0.25, 0.3) is 0 Å². The lowest BCUT2D eigenvalue weighted by atomic mass is 10.1. The van der Waals surface area contributed by atoms with Crippen molar-refractivity contribution in [2.24, 2.45) is 5.73 Å². The molecule has 1 aromatic rings. The molecule has 0 spiro atoms. The van der Waals surface area contributed by atoms with Crippen molar-refractivity contribution in [1.82, 2.24) is 0 Å². The van der Waals surface area contributed by atoms with E-state index in [2.05, 4.69) is 20.8 Å². The Labute approximate surface area is 109 Å². The molecule has 0 radical (unpaired) electrons. The zero-order chi connectivity index (χ0) is 12.4. The van der Waals surface area contributed by atoms with E-state index in [1.807, 2.05) is 25.2 Å². The topological polar surface area (TPSA) is 62.3 Å². The number of rotatable bonds is 3. The summed E-state index contributed by atoms with van der Waals surface area (Å²) < 4.78 is 6.25. The minimum atomic E-state index is 0.0817. The molecule has 5 heteroatoms. The maximum atomic E-state index is 7.67. The van der Waals surface area contributed by atoms with Crippen LogP contribution < -0.4 is 10.6 Å². The molecule has 1 unspecified atom stereocenters. The Kier molecular flexibility index (Phi) is 3.69. The molecule has 3 N–H and O–H groups in total. The van der Waals surface area contributed by atoms with Gasteiger partial charge in [0.15, 0.2) is 0 Å². The van der Waals surface area contributed by atoms with Gasteiger partial charge >= 0.3 is 0 Å². The van der Waals surface area contributed by atoms with Crippen LogP contribution >= 0.6 is 15.9 Å². The Hall–Kier alpha value is -1.07. The lowest BCUT2D eigenvalue weighted by Crippen LogP contribution is -2.33. The highest BCUT2D eigenvalue weighted by molar-refractivity contribution is 9.10. The fourth-order valence-corrected chi connectivity index (χ4v) is 2.67. The molecule has 17 heavy (non-hydrogen) atoms. The largest absolute Gasteiger partial charge is 0.384 e. The molecule has 1 aliphatic rings. The second-order valence-corrected chi connectivity index (χ2v) is 5.03. The number of halogens is 1. The average Bonchev–Trinajstić information content (AvgIpc) is 2.80. The van der Waals surface area contributed by atoms with E-state index < -0.39 is 0 Å². The fourth-order valence-electron chi connectivity index (χ4n) is 2.10. The van der Waals surface area contributed by atoms with Gasteiger partial charge in [-0.05, 0) is 34.5 Å². The Bertz CT molecular complexity index is 430. The monoisotopic (exact) mass is 297 g/mol. The van der Waals surface area contributed by atoms with Crippen molar-refractivity contribution in [3.05, 3.63) is 28.2 Å². The Morgan fingerprint density at radius 3 is 2.94 bits per heavy atom. The van der Waals surface area contributed by atoms with Crippen LogP contribution in [0.4, 0.5) is 5.69 Å². The Morgan fingerprint density at radius 1 is 1.59 bits per heavy atom. The van der Waals surface area contributed by atoms with Crippen LogP contribution in [0.15, 0.2) is 22.7 Å². The first-order chi connectivity index (χ1) is 8.11. The van der Waals surface area contributed by atoms with Crippen molar-refractivity contribution in [3.63, 3.8) is 0 Å². The number of nitrogens with two attached hydrogens (primary N) is 1. The fraction of sp³-hybridized carbons (Fsp3) is 0.417. The molecule has 1 aromatic carbocycles. The lowest BCUT2D eigenvalue weighted by molar-refractivity contribution is 0.193. The molecule has 1 fully saturated rings. The first-order valence-electron chi connectivity index (χ1n) is 5.54. The first-order valence-corrected chi connectivity index (χ1v) is 6.34. The number of benzene rings is 1. The summed E-state index contributed by atoms with van der Waals surface area (Å²) in [4.78, 5) is 2.15. The molecular formula is C12H16BrN3O. The summed E-state index contributed by atoms with van der Waals surface area (Å²) in [6.07, 6.45) is 1.01. The smallest absolute Gasteiger partial charge is 0.126 e. The van der Waals surface area contributed by atoms with E-state index in [0.717, 1.165) is 35.4 Å². The van der Waals surface area contributed by atoms with Crippen molar-refractivity contribution in [1.29, 1.82) is 5.41 Å². The van der Waals surface area contributed by atoms with Crippen molar-refractivity contribution in [3.8, 4) is 0 Å². The summed E-state index contributed by atoms with van der Waals surface area (Å²) in [5.41, 5.74) is 7.37. The third-order valence-corrected chi connectivity index (χ3v) is 3.76. The van der Waals surface area contributed by atoms with Gasteiger partial charge in [-0.25, -0.2) is 0 Å². The van der Waals surface area contributed by atoms with Gasteiger partial charge in [0.2, 0.25) is 0 Å². The van der Waals surface area contributed by atoms with E-state index >= 15 is 0 Å². The zero-order valence-corrected chi connectivity index (χ0v) is 11.3. The summed E-state index contributed by atoms with van der Waals surface area (Å²) >= 11 is 3.45. The molecule has 1 heterocycles. The van der Waals surface area contributed by atoms with E-state index in [1.54, 1.807) is 0 Å². The number of nitrogens with zero attached hydrogens (tertiary/aromatic N) is 1. The second kappa shape index (κ2) is 5.06. The summed E-state index contributed by atoms with van der Waals surface area (Å²) in [7, 11) is 2.02. The molecule has 0 aromatic heterocycles. The van der Waals surface area contributed by atoms with Crippen molar-refractivity contribution >= 4 is 27.5 Å². The Morgan fingerprint density at radius 2 is 2.35 bits per heavy atom. The molecule has 1 atom stereocenters. The third-order valence-electron chi connectivity index (χ3n) is 3.09. The number of anilines is 1. The number of hydrogen-bond acceptors (Lipinski definition) is 3. The van der Waals surface area contributed by atoms with Gasteiger partial charge in [0.1, 0.15) is 5.84 Å². The number of nitrogen functional groups attached to an aromatic ring is 1. The van der Waals surface area contributed by atoms with E-state index in [9.17, 15) is 0 Å². The van der Waals surface area contributed by atoms with Crippen LogP contribution in [0.5, 0.6) is 0 Å². The van der Waals surface area contributed by atoms with Gasteiger partial charge in [-0.1, -0.05) is 6.07 Å². The molecule has 92 valence electrons. The molecule has 2 rings (SSSR count). The van der Waals surface area contributed by atoms with Crippen LogP contribution in [0.3, 0.4) is 0 Å². The summed E-state index contributed by atoms with van der Waals surface area (Å²) in [6.45, 7) is 1.54. The summed E-state index contributed by atoms with van der Waals surface area (Å²) in [5, 5.41) is 7.67. The van der Waals surface area contributed by atoms with Crippen molar-refractivity contribution in [2.45, 2.75) is 12.5 Å². The highest BCUT2D eigenvalue weighted by Gasteiger charge is 2.23. The minimum absolute atomic E-state index is 0.0817. The zero-order valence-electron chi connectivity index (χ0n) is 9.74. The van der Waals surface area contributed by atoms with Gasteiger partial charge < -0.3 is 15.4 Å². The normalized spacial score (nSPS) is 19.3. The minimum Gasteiger partial charge on any atom is -0.384 e. The predicted octanol–water partition coefficient (Wildman–Crippen LogP) is 1.96. The van der Waals surface area contributed by atoms with Crippen LogP contribution in [-0.4, -0.2) is 32.1 Å². The van der Waals surface area contributed by atoms with Crippen LogP contribution in [-0.2, 0) is 4.74 Å². The Balaban J connectivity index is 2.36. The van der Waals surface area contributed by atoms with Gasteiger partial charge in [0, 0.05) is 23.8 Å². The number of likely N-dealkylation sites (N-methyl/N-ethyl adjacent to an activating group) is 1. The van der Waals surface area contributed by atoms with Gasteiger partial charge in [0.25, 0.3) is 0 Å². The standard InChI is InChI=1S/C12H16BrN3O/c1-16(8-5-6-17-7-8)10-4-2-3-9(13)11(10)12(14)15/h2-4,8H,5-7H2,1H3,(H3,14,15). The van der Waals surface area contributed by atoms with Gasteiger partial charge in [0.05, 0.1) is 18.2 Å². The van der Waals surface area contributed by atoms with Gasteiger partial charge in [-0.2, -0.15) is 0 Å². The van der Waals surface area contributed by atoms with Gasteiger partial charge in [-0.15, -0.1) is 0 Å². The molecule has 0 saturated carbocycles. The lowest BCUT2D eigenvalue weighted by Gasteiger charge is -2.27. The maximum absolute atomic E-state index is 7.67. The number of nitrogens with one attached hydrogen (secondary N) is 1. The summed E-state index contributed by atoms with van der Waals surface area (Å²) in [5.74, 6) is 0.0817. The molecule has 0 amide bonds. The SMILES string of the molecule is CN(c1cccc(Br)c1C(=N)N)C1CCOC1. The molecule has 4 nitrogen and oxygen atoms in total. The predicted molar refractivity (Wildman–Crippen MR) is 72.8 cm³/mol. The average molecular weight is 298 g/mol. The van der Waals surface area contributed by atoms with E-state index in [4.69, 9.17) is 15.9 Å². The van der Waals surface area contributed by atoms with Gasteiger partial charge in [-0.3, -0.25) is 5.41 Å². The molecule has 0 aliphatic carbocycles. The molecule has 0 bridgehead atoms. The maximum Gasteiger partial charge on any atom is 0.126 e. The quantitative estimate of drug-likeness (QED) is 0.662. The highest BCUT2D eigenvalue weighted by Crippen LogP contribution is 2.29. The van der Waals surface area contributed by atoms with Crippen molar-refractivity contribution < 1.29 is 4.74 Å². The second-order valence-electron chi connectivity index (χ2n) is 4.18. The van der Waals surface area contributed by atoms with E-state index in [-0.39, 0.29) is 5.84 Å². The number of amidine groups is 1. The van der Waals surface area contributed by atoms with E-state index in [0.29, 0.717) is 6.04 Å². The molecular weight excluding hydrogens is 282 g/mol. The molecule has 1 aliphatic heterocycles.